The van der Waals surface area contributed by atoms with Gasteiger partial charge in [0.05, 0.1) is 17.5 Å². The Morgan fingerprint density at radius 1 is 1.11 bits per heavy atom. The number of likely N-dealkylation sites (N-methyl/N-ethyl adjacent to an activating group) is 1. The van der Waals surface area contributed by atoms with E-state index in [1.807, 2.05) is 18.2 Å². The molecule has 2 heterocycles. The zero-order valence-electron chi connectivity index (χ0n) is 20.5. The number of Topliss-reactive ketones (excluding diaryl/α,β-unsaturated/α-hetero) is 1. The molecule has 2 aromatic rings. The summed E-state index contributed by atoms with van der Waals surface area (Å²) >= 11 is 0. The van der Waals surface area contributed by atoms with Gasteiger partial charge in [0.15, 0.2) is 5.78 Å². The molecule has 2 N–H and O–H groups in total. The van der Waals surface area contributed by atoms with E-state index < -0.39 is 11.5 Å². The van der Waals surface area contributed by atoms with Gasteiger partial charge in [-0.1, -0.05) is 36.4 Å². The number of rotatable bonds is 8. The average molecular weight is 479 g/mol. The van der Waals surface area contributed by atoms with Crippen LogP contribution in [0.2, 0.25) is 0 Å². The molecule has 6 nitrogen and oxygen atoms in total. The molecule has 2 aliphatic heterocycles. The highest BCUT2D eigenvalue weighted by Gasteiger charge is 2.36. The Morgan fingerprint density at radius 2 is 1.77 bits per heavy atom. The fourth-order valence-electron chi connectivity index (χ4n) is 4.83. The summed E-state index contributed by atoms with van der Waals surface area (Å²) in [6.45, 7) is 6.15. The standard InChI is InChI=1S/C28H35FN4O2/c1-32-10-12-33(13-11-32)20-21-2-4-23(5-3-21)24-6-7-25(26(29)18-24)16-22(19-30)17-27(34)28(31)8-14-35-15-9-28/h2-7,18,22H,8-17,20,31H2,1H3/t22-/m1/s1. The van der Waals surface area contributed by atoms with Crippen LogP contribution >= 0.6 is 0 Å². The van der Waals surface area contributed by atoms with Crippen LogP contribution in [0.15, 0.2) is 42.5 Å². The lowest BCUT2D eigenvalue weighted by molar-refractivity contribution is -0.128. The maximum absolute atomic E-state index is 15.0. The van der Waals surface area contributed by atoms with E-state index in [0.717, 1.165) is 43.9 Å². The van der Waals surface area contributed by atoms with E-state index in [2.05, 4.69) is 35.0 Å². The number of carbonyl (C=O) groups excluding carboxylic acids is 1. The molecule has 0 unspecified atom stereocenters. The lowest BCUT2D eigenvalue weighted by Crippen LogP contribution is -2.52. The number of ether oxygens (including phenoxy) is 1. The van der Waals surface area contributed by atoms with Gasteiger partial charge < -0.3 is 15.4 Å². The van der Waals surface area contributed by atoms with Gasteiger partial charge in [0.25, 0.3) is 0 Å². The van der Waals surface area contributed by atoms with Crippen molar-refractivity contribution in [3.8, 4) is 17.2 Å². The van der Waals surface area contributed by atoms with Crippen LogP contribution in [0.4, 0.5) is 4.39 Å². The van der Waals surface area contributed by atoms with E-state index in [1.165, 1.54) is 11.6 Å². The molecule has 0 aromatic heterocycles. The summed E-state index contributed by atoms with van der Waals surface area (Å²) in [5.41, 5.74) is 8.77. The SMILES string of the molecule is CN1CCN(Cc2ccc(-c3ccc(C[C@@H](C#N)CC(=O)C4(N)CCOCC4)c(F)c3)cc2)CC1. The molecule has 0 bridgehead atoms. The summed E-state index contributed by atoms with van der Waals surface area (Å²) in [5, 5.41) is 9.60. The van der Waals surface area contributed by atoms with Gasteiger partial charge >= 0.3 is 0 Å². The minimum atomic E-state index is -0.938. The number of benzene rings is 2. The van der Waals surface area contributed by atoms with Crippen molar-refractivity contribution in [2.45, 2.75) is 37.8 Å². The Balaban J connectivity index is 1.37. The van der Waals surface area contributed by atoms with Gasteiger partial charge in [-0.05, 0) is 54.6 Å². The van der Waals surface area contributed by atoms with E-state index in [-0.39, 0.29) is 24.4 Å². The van der Waals surface area contributed by atoms with Gasteiger partial charge in [-0.3, -0.25) is 9.69 Å². The summed E-state index contributed by atoms with van der Waals surface area (Å²) in [5.74, 6) is -1.11. The van der Waals surface area contributed by atoms with E-state index in [0.29, 0.717) is 31.6 Å². The molecule has 0 amide bonds. The molecule has 0 saturated carbocycles. The normalized spacial score (nSPS) is 19.7. The summed E-state index contributed by atoms with van der Waals surface area (Å²) < 4.78 is 20.3. The van der Waals surface area contributed by atoms with Crippen LogP contribution in [0.5, 0.6) is 0 Å². The second-order valence-corrected chi connectivity index (χ2v) is 10.0. The summed E-state index contributed by atoms with van der Waals surface area (Å²) in [6, 6.07) is 15.6. The number of nitrogens with two attached hydrogens (primary N) is 1. The first-order chi connectivity index (χ1) is 16.9. The van der Waals surface area contributed by atoms with Crippen molar-refractivity contribution in [2.75, 3.05) is 46.4 Å². The Hall–Kier alpha value is -2.63. The number of nitrogens with zero attached hydrogens (tertiary/aromatic N) is 3. The Morgan fingerprint density at radius 3 is 2.40 bits per heavy atom. The van der Waals surface area contributed by atoms with Crippen LogP contribution in [0.3, 0.4) is 0 Å². The van der Waals surface area contributed by atoms with Crippen molar-refractivity contribution in [2.24, 2.45) is 11.7 Å². The van der Waals surface area contributed by atoms with Crippen LogP contribution in [0.1, 0.15) is 30.4 Å². The number of nitriles is 1. The number of piperazine rings is 1. The number of carbonyl (C=O) groups is 1. The summed E-state index contributed by atoms with van der Waals surface area (Å²) in [7, 11) is 2.15. The Kier molecular flexibility index (Phi) is 8.30. The predicted molar refractivity (Wildman–Crippen MR) is 134 cm³/mol. The lowest BCUT2D eigenvalue weighted by Gasteiger charge is -2.32. The van der Waals surface area contributed by atoms with Gasteiger partial charge in [-0.25, -0.2) is 4.39 Å². The third-order valence-electron chi connectivity index (χ3n) is 7.36. The molecule has 2 fully saturated rings. The molecule has 4 rings (SSSR count). The minimum Gasteiger partial charge on any atom is -0.381 e. The first kappa shape index (κ1) is 25.5. The number of halogens is 1. The third-order valence-corrected chi connectivity index (χ3v) is 7.36. The highest BCUT2D eigenvalue weighted by molar-refractivity contribution is 5.88. The van der Waals surface area contributed by atoms with Gasteiger partial charge in [0.1, 0.15) is 5.82 Å². The smallest absolute Gasteiger partial charge is 0.154 e. The molecule has 35 heavy (non-hydrogen) atoms. The monoisotopic (exact) mass is 478 g/mol. The predicted octanol–water partition coefficient (Wildman–Crippen LogP) is 3.39. The van der Waals surface area contributed by atoms with Crippen molar-refractivity contribution in [3.63, 3.8) is 0 Å². The molecule has 7 heteroatoms. The molecule has 2 aromatic carbocycles. The van der Waals surface area contributed by atoms with E-state index in [1.54, 1.807) is 6.07 Å². The minimum absolute atomic E-state index is 0.0307. The zero-order chi connectivity index (χ0) is 24.8. The van der Waals surface area contributed by atoms with E-state index in [4.69, 9.17) is 10.5 Å². The van der Waals surface area contributed by atoms with Crippen molar-refractivity contribution >= 4 is 5.78 Å². The van der Waals surface area contributed by atoms with Crippen LogP contribution in [-0.4, -0.2) is 67.6 Å². The second kappa shape index (κ2) is 11.4. The maximum Gasteiger partial charge on any atom is 0.154 e. The number of hydrogen-bond acceptors (Lipinski definition) is 6. The molecular weight excluding hydrogens is 443 g/mol. The van der Waals surface area contributed by atoms with Crippen molar-refractivity contribution in [1.29, 1.82) is 5.26 Å². The highest BCUT2D eigenvalue weighted by Crippen LogP contribution is 2.27. The van der Waals surface area contributed by atoms with Crippen molar-refractivity contribution < 1.29 is 13.9 Å². The second-order valence-electron chi connectivity index (χ2n) is 10.0. The average Bonchev–Trinajstić information content (AvgIpc) is 2.87. The highest BCUT2D eigenvalue weighted by atomic mass is 19.1. The maximum atomic E-state index is 15.0. The third kappa shape index (κ3) is 6.53. The van der Waals surface area contributed by atoms with Crippen LogP contribution in [-0.2, 0) is 22.5 Å². The first-order valence-corrected chi connectivity index (χ1v) is 12.4. The first-order valence-electron chi connectivity index (χ1n) is 12.4. The zero-order valence-corrected chi connectivity index (χ0v) is 20.5. The van der Waals surface area contributed by atoms with Gasteiger partial charge in [-0.2, -0.15) is 5.26 Å². The van der Waals surface area contributed by atoms with Gasteiger partial charge in [0.2, 0.25) is 0 Å². The van der Waals surface area contributed by atoms with Crippen LogP contribution in [0, 0.1) is 23.1 Å². The Bertz CT molecular complexity index is 1050. The quantitative estimate of drug-likeness (QED) is 0.626. The van der Waals surface area contributed by atoms with Crippen molar-refractivity contribution in [1.82, 2.24) is 9.80 Å². The summed E-state index contributed by atoms with van der Waals surface area (Å²) in [6.07, 6.45) is 1.14. The van der Waals surface area contributed by atoms with Crippen LogP contribution in [0.25, 0.3) is 11.1 Å². The molecule has 1 atom stereocenters. The van der Waals surface area contributed by atoms with E-state index in [9.17, 15) is 14.4 Å². The Labute approximate surface area is 207 Å². The molecule has 0 aliphatic carbocycles. The van der Waals surface area contributed by atoms with Gasteiger partial charge in [0, 0.05) is 52.4 Å². The van der Waals surface area contributed by atoms with Crippen LogP contribution < -0.4 is 5.73 Å². The molecule has 2 saturated heterocycles. The molecule has 2 aliphatic rings. The largest absolute Gasteiger partial charge is 0.381 e. The molecule has 186 valence electrons. The summed E-state index contributed by atoms with van der Waals surface area (Å²) in [4.78, 5) is 17.5. The van der Waals surface area contributed by atoms with E-state index >= 15 is 0 Å². The fraction of sp³-hybridized carbons (Fsp3) is 0.500. The molecule has 0 spiro atoms. The van der Waals surface area contributed by atoms with Gasteiger partial charge in [-0.15, -0.1) is 0 Å². The molecular formula is C28H35FN4O2. The lowest BCUT2D eigenvalue weighted by atomic mass is 9.81. The number of hydrogen-bond donors (Lipinski definition) is 1. The topological polar surface area (TPSA) is 82.6 Å². The molecule has 0 radical (unpaired) electrons. The number of ketones is 1. The fourth-order valence-corrected chi connectivity index (χ4v) is 4.83. The van der Waals surface area contributed by atoms with Crippen molar-refractivity contribution in [3.05, 3.63) is 59.4 Å².